The van der Waals surface area contributed by atoms with E-state index in [9.17, 15) is 0 Å². The van der Waals surface area contributed by atoms with Crippen molar-refractivity contribution in [1.82, 2.24) is 9.97 Å². The molecular weight excluding hydrogens is 438 g/mol. The predicted molar refractivity (Wildman–Crippen MR) is 95.6 cm³/mol. The Bertz CT molecular complexity index is 786. The molecule has 106 valence electrons. The van der Waals surface area contributed by atoms with Crippen molar-refractivity contribution in [2.75, 3.05) is 5.73 Å². The molecule has 0 saturated heterocycles. The quantitative estimate of drug-likeness (QED) is 0.556. The second kappa shape index (κ2) is 6.04. The standard InChI is InChI=1S/C14H8Br2ClN3S/c15-8-6-9(21-12(8)17)14-19-11(10(16)13(18)20-14)7-4-2-1-3-5-7/h1-6H,(H2,18,19,20). The molecule has 0 amide bonds. The van der Waals surface area contributed by atoms with Gasteiger partial charge >= 0.3 is 0 Å². The molecule has 3 aromatic rings. The summed E-state index contributed by atoms with van der Waals surface area (Å²) in [5, 5.41) is 0. The Morgan fingerprint density at radius 2 is 1.81 bits per heavy atom. The van der Waals surface area contributed by atoms with Crippen LogP contribution in [0.25, 0.3) is 22.0 Å². The van der Waals surface area contributed by atoms with E-state index in [1.54, 1.807) is 0 Å². The van der Waals surface area contributed by atoms with Crippen molar-refractivity contribution in [3.05, 3.63) is 49.7 Å². The van der Waals surface area contributed by atoms with Gasteiger partial charge in [-0.25, -0.2) is 9.97 Å². The summed E-state index contributed by atoms with van der Waals surface area (Å²) in [6.45, 7) is 0. The lowest BCUT2D eigenvalue weighted by molar-refractivity contribution is 1.18. The summed E-state index contributed by atoms with van der Waals surface area (Å²) in [5.41, 5.74) is 7.74. The van der Waals surface area contributed by atoms with Crippen LogP contribution in [-0.2, 0) is 0 Å². The summed E-state index contributed by atoms with van der Waals surface area (Å²) in [6.07, 6.45) is 0. The smallest absolute Gasteiger partial charge is 0.172 e. The molecule has 0 saturated carbocycles. The minimum atomic E-state index is 0.402. The van der Waals surface area contributed by atoms with Gasteiger partial charge in [-0.3, -0.25) is 0 Å². The minimum Gasteiger partial charge on any atom is -0.383 e. The van der Waals surface area contributed by atoms with Gasteiger partial charge in [-0.2, -0.15) is 0 Å². The lowest BCUT2D eigenvalue weighted by Gasteiger charge is -2.08. The molecule has 3 nitrogen and oxygen atoms in total. The lowest BCUT2D eigenvalue weighted by atomic mass is 10.1. The number of nitrogens with two attached hydrogens (primary N) is 1. The molecule has 2 N–H and O–H groups in total. The van der Waals surface area contributed by atoms with Gasteiger partial charge in [0.1, 0.15) is 10.2 Å². The topological polar surface area (TPSA) is 51.8 Å². The molecule has 0 radical (unpaired) electrons. The summed E-state index contributed by atoms with van der Waals surface area (Å²) >= 11 is 14.3. The van der Waals surface area contributed by atoms with Crippen LogP contribution in [0, 0.1) is 0 Å². The third-order valence-corrected chi connectivity index (χ3v) is 6.04. The van der Waals surface area contributed by atoms with Gasteiger partial charge in [0, 0.05) is 10.0 Å². The van der Waals surface area contributed by atoms with E-state index in [0.717, 1.165) is 20.6 Å². The van der Waals surface area contributed by atoms with Gasteiger partial charge in [-0.1, -0.05) is 41.9 Å². The Morgan fingerprint density at radius 1 is 1.10 bits per heavy atom. The van der Waals surface area contributed by atoms with E-state index in [1.807, 2.05) is 36.4 Å². The number of benzene rings is 1. The third-order valence-electron chi connectivity index (χ3n) is 2.79. The van der Waals surface area contributed by atoms with Crippen molar-refractivity contribution in [1.29, 1.82) is 0 Å². The van der Waals surface area contributed by atoms with Crippen molar-refractivity contribution >= 4 is 60.6 Å². The molecule has 2 aromatic heterocycles. The molecule has 2 heterocycles. The van der Waals surface area contributed by atoms with Crippen LogP contribution in [0.1, 0.15) is 0 Å². The first-order chi connectivity index (χ1) is 10.1. The number of halogens is 3. The lowest BCUT2D eigenvalue weighted by Crippen LogP contribution is -1.99. The normalized spacial score (nSPS) is 10.8. The van der Waals surface area contributed by atoms with Crippen molar-refractivity contribution in [3.8, 4) is 22.0 Å². The molecule has 0 fully saturated rings. The van der Waals surface area contributed by atoms with Crippen molar-refractivity contribution in [2.45, 2.75) is 0 Å². The Hall–Kier alpha value is -0.950. The zero-order valence-electron chi connectivity index (χ0n) is 10.5. The van der Waals surface area contributed by atoms with Crippen LogP contribution in [-0.4, -0.2) is 9.97 Å². The molecule has 1 aromatic carbocycles. The summed E-state index contributed by atoms with van der Waals surface area (Å²) in [7, 11) is 0. The van der Waals surface area contributed by atoms with E-state index in [4.69, 9.17) is 17.3 Å². The van der Waals surface area contributed by atoms with Gasteiger partial charge in [-0.15, -0.1) is 11.3 Å². The molecule has 0 spiro atoms. The van der Waals surface area contributed by atoms with E-state index >= 15 is 0 Å². The van der Waals surface area contributed by atoms with Crippen LogP contribution in [0.5, 0.6) is 0 Å². The number of hydrogen-bond acceptors (Lipinski definition) is 4. The minimum absolute atomic E-state index is 0.402. The van der Waals surface area contributed by atoms with Crippen molar-refractivity contribution in [2.24, 2.45) is 0 Å². The maximum absolute atomic E-state index is 6.08. The first-order valence-electron chi connectivity index (χ1n) is 5.90. The largest absolute Gasteiger partial charge is 0.383 e. The highest BCUT2D eigenvalue weighted by Gasteiger charge is 2.15. The zero-order chi connectivity index (χ0) is 15.0. The predicted octanol–water partition coefficient (Wildman–Crippen LogP) is 5.63. The van der Waals surface area contributed by atoms with Crippen LogP contribution in [0.4, 0.5) is 5.82 Å². The third kappa shape index (κ3) is 2.99. The molecule has 21 heavy (non-hydrogen) atoms. The van der Waals surface area contributed by atoms with E-state index in [2.05, 4.69) is 41.8 Å². The average molecular weight is 446 g/mol. The van der Waals surface area contributed by atoms with Gasteiger partial charge in [0.2, 0.25) is 0 Å². The number of rotatable bonds is 2. The van der Waals surface area contributed by atoms with Crippen LogP contribution < -0.4 is 5.73 Å². The second-order valence-electron chi connectivity index (χ2n) is 4.19. The van der Waals surface area contributed by atoms with E-state index in [-0.39, 0.29) is 0 Å². The van der Waals surface area contributed by atoms with Crippen molar-refractivity contribution in [3.63, 3.8) is 0 Å². The van der Waals surface area contributed by atoms with Crippen LogP contribution in [0.3, 0.4) is 0 Å². The van der Waals surface area contributed by atoms with Gasteiger partial charge < -0.3 is 5.73 Å². The van der Waals surface area contributed by atoms with Gasteiger partial charge in [0.15, 0.2) is 5.82 Å². The van der Waals surface area contributed by atoms with E-state index in [1.165, 1.54) is 11.3 Å². The summed E-state index contributed by atoms with van der Waals surface area (Å²) in [5.74, 6) is 0.964. The number of anilines is 1. The first-order valence-corrected chi connectivity index (χ1v) is 8.68. The summed E-state index contributed by atoms with van der Waals surface area (Å²) in [6, 6.07) is 11.7. The molecule has 0 aliphatic rings. The number of hydrogen-bond donors (Lipinski definition) is 1. The SMILES string of the molecule is Nc1nc(-c2cc(Br)c(Cl)s2)nc(-c2ccccc2)c1Br. The monoisotopic (exact) mass is 443 g/mol. The van der Waals surface area contributed by atoms with Crippen molar-refractivity contribution < 1.29 is 0 Å². The maximum Gasteiger partial charge on any atom is 0.172 e. The van der Waals surface area contributed by atoms with E-state index in [0.29, 0.717) is 20.5 Å². The molecule has 7 heteroatoms. The Morgan fingerprint density at radius 3 is 2.43 bits per heavy atom. The fraction of sp³-hybridized carbons (Fsp3) is 0. The van der Waals surface area contributed by atoms with Gasteiger partial charge in [0.25, 0.3) is 0 Å². The molecule has 0 aliphatic carbocycles. The van der Waals surface area contributed by atoms with Crippen LogP contribution in [0.2, 0.25) is 4.34 Å². The molecule has 0 aliphatic heterocycles. The fourth-order valence-electron chi connectivity index (χ4n) is 1.82. The van der Waals surface area contributed by atoms with Crippen LogP contribution in [0.15, 0.2) is 45.3 Å². The number of nitrogens with zero attached hydrogens (tertiary/aromatic N) is 2. The van der Waals surface area contributed by atoms with E-state index < -0.39 is 0 Å². The fourth-order valence-corrected chi connectivity index (χ4v) is 3.86. The molecule has 3 rings (SSSR count). The number of nitrogen functional groups attached to an aromatic ring is 1. The highest BCUT2D eigenvalue weighted by molar-refractivity contribution is 9.11. The average Bonchev–Trinajstić information content (AvgIpc) is 2.82. The highest BCUT2D eigenvalue weighted by atomic mass is 79.9. The molecule has 0 bridgehead atoms. The highest BCUT2D eigenvalue weighted by Crippen LogP contribution is 2.39. The Balaban J connectivity index is 2.18. The van der Waals surface area contributed by atoms with Crippen LogP contribution >= 0.6 is 54.8 Å². The molecule has 0 unspecified atom stereocenters. The summed E-state index contributed by atoms with van der Waals surface area (Å²) in [4.78, 5) is 9.82. The van der Waals surface area contributed by atoms with Gasteiger partial charge in [-0.05, 0) is 37.9 Å². The zero-order valence-corrected chi connectivity index (χ0v) is 15.2. The Kier molecular flexibility index (Phi) is 4.31. The first kappa shape index (κ1) is 15.0. The van der Waals surface area contributed by atoms with Gasteiger partial charge in [0.05, 0.1) is 15.0 Å². The number of thiophene rings is 1. The molecular formula is C14H8Br2ClN3S. The maximum atomic E-state index is 6.08. The number of aromatic nitrogens is 2. The second-order valence-corrected chi connectivity index (χ2v) is 7.49. The summed E-state index contributed by atoms with van der Waals surface area (Å²) < 4.78 is 2.19. The molecule has 0 atom stereocenters. The Labute approximate surface area is 147 Å².